The van der Waals surface area contributed by atoms with Crippen molar-refractivity contribution in [2.75, 3.05) is 0 Å². The molecule has 1 aromatic heterocycles. The highest BCUT2D eigenvalue weighted by molar-refractivity contribution is 7.99. The Morgan fingerprint density at radius 1 is 1.17 bits per heavy atom. The first-order chi connectivity index (χ1) is 8.59. The molecule has 0 radical (unpaired) electrons. The molecule has 0 amide bonds. The topological polar surface area (TPSA) is 25.8 Å². The van der Waals surface area contributed by atoms with Gasteiger partial charge in [0.2, 0.25) is 0 Å². The molecule has 1 aromatic carbocycles. The number of benzene rings is 1. The zero-order valence-electron chi connectivity index (χ0n) is 10.6. The summed E-state index contributed by atoms with van der Waals surface area (Å²) in [4.78, 5) is 9.63. The minimum absolute atomic E-state index is 0.310. The van der Waals surface area contributed by atoms with Gasteiger partial charge >= 0.3 is 0 Å². The van der Waals surface area contributed by atoms with Crippen LogP contribution in [0, 0.1) is 6.92 Å². The van der Waals surface area contributed by atoms with E-state index in [1.807, 2.05) is 12.1 Å². The molecule has 2 nitrogen and oxygen atoms in total. The molecule has 94 valence electrons. The van der Waals surface area contributed by atoms with Crippen LogP contribution in [0.15, 0.2) is 40.5 Å². The Balaban J connectivity index is 2.41. The van der Waals surface area contributed by atoms with Crippen LogP contribution < -0.4 is 0 Å². The van der Waals surface area contributed by atoms with Crippen LogP contribution in [0.5, 0.6) is 0 Å². The van der Waals surface area contributed by atoms with E-state index in [9.17, 15) is 0 Å². The van der Waals surface area contributed by atoms with Gasteiger partial charge in [-0.2, -0.15) is 0 Å². The van der Waals surface area contributed by atoms with Crippen LogP contribution in [0.2, 0.25) is 5.15 Å². The molecule has 0 aliphatic carbocycles. The highest BCUT2D eigenvalue weighted by Gasteiger charge is 2.15. The van der Waals surface area contributed by atoms with Gasteiger partial charge in [0.1, 0.15) is 16.5 Å². The lowest BCUT2D eigenvalue weighted by atomic mass is 10.1. The Kier molecular flexibility index (Phi) is 4.25. The fourth-order valence-electron chi connectivity index (χ4n) is 1.70. The van der Waals surface area contributed by atoms with Gasteiger partial charge in [-0.25, -0.2) is 9.97 Å². The van der Waals surface area contributed by atoms with Gasteiger partial charge in [-0.15, -0.1) is 0 Å². The van der Waals surface area contributed by atoms with E-state index in [1.54, 1.807) is 11.8 Å². The Hall–Kier alpha value is -1.06. The van der Waals surface area contributed by atoms with E-state index >= 15 is 0 Å². The lowest BCUT2D eigenvalue weighted by Crippen LogP contribution is -1.98. The number of rotatable bonds is 3. The molecule has 0 unspecified atom stereocenters. The molecule has 1 heterocycles. The quantitative estimate of drug-likeness (QED) is 0.760. The molecule has 0 N–H and O–H groups in total. The maximum absolute atomic E-state index is 6.17. The average Bonchev–Trinajstić information content (AvgIpc) is 2.31. The lowest BCUT2D eigenvalue weighted by molar-refractivity contribution is 0.802. The summed E-state index contributed by atoms with van der Waals surface area (Å²) in [6, 6.07) is 8.27. The predicted molar refractivity (Wildman–Crippen MR) is 76.4 cm³/mol. The van der Waals surface area contributed by atoms with E-state index in [2.05, 4.69) is 42.9 Å². The number of halogens is 1. The van der Waals surface area contributed by atoms with E-state index in [1.165, 1.54) is 16.8 Å². The van der Waals surface area contributed by atoms with E-state index in [0.29, 0.717) is 11.1 Å². The van der Waals surface area contributed by atoms with Gasteiger partial charge < -0.3 is 0 Å². The molecule has 0 atom stereocenters. The SMILES string of the molecule is Cc1ccccc1Sc1ncnc(Cl)c1C(C)C. The summed E-state index contributed by atoms with van der Waals surface area (Å²) in [5.41, 5.74) is 2.26. The number of aryl methyl sites for hydroxylation is 1. The van der Waals surface area contributed by atoms with Crippen molar-refractivity contribution in [1.29, 1.82) is 0 Å². The third-order valence-corrected chi connectivity index (χ3v) is 4.17. The highest BCUT2D eigenvalue weighted by atomic mass is 35.5. The van der Waals surface area contributed by atoms with Gasteiger partial charge in [0.15, 0.2) is 0 Å². The first-order valence-corrected chi connectivity index (χ1v) is 7.03. The summed E-state index contributed by atoms with van der Waals surface area (Å²) in [7, 11) is 0. The Morgan fingerprint density at radius 2 is 1.89 bits per heavy atom. The first kappa shape index (κ1) is 13.4. The van der Waals surface area contributed by atoms with Crippen molar-refractivity contribution >= 4 is 23.4 Å². The second kappa shape index (κ2) is 5.72. The summed E-state index contributed by atoms with van der Waals surface area (Å²) >= 11 is 7.81. The van der Waals surface area contributed by atoms with Gasteiger partial charge in [0, 0.05) is 10.5 Å². The second-order valence-corrected chi connectivity index (χ2v) is 5.79. The van der Waals surface area contributed by atoms with Crippen molar-refractivity contribution in [1.82, 2.24) is 9.97 Å². The summed E-state index contributed by atoms with van der Waals surface area (Å²) in [5.74, 6) is 0.310. The number of hydrogen-bond donors (Lipinski definition) is 0. The molecule has 0 bridgehead atoms. The Morgan fingerprint density at radius 3 is 2.56 bits per heavy atom. The van der Waals surface area contributed by atoms with Gasteiger partial charge in [0.05, 0.1) is 0 Å². The van der Waals surface area contributed by atoms with Crippen LogP contribution in [0.1, 0.15) is 30.9 Å². The van der Waals surface area contributed by atoms with Crippen molar-refractivity contribution in [2.45, 2.75) is 36.6 Å². The van der Waals surface area contributed by atoms with E-state index in [-0.39, 0.29) is 0 Å². The number of nitrogens with zero attached hydrogens (tertiary/aromatic N) is 2. The lowest BCUT2D eigenvalue weighted by Gasteiger charge is -2.13. The highest BCUT2D eigenvalue weighted by Crippen LogP contribution is 2.36. The van der Waals surface area contributed by atoms with Gasteiger partial charge in [-0.3, -0.25) is 0 Å². The third kappa shape index (κ3) is 2.85. The summed E-state index contributed by atoms with van der Waals surface area (Å²) in [6.07, 6.45) is 1.52. The summed E-state index contributed by atoms with van der Waals surface area (Å²) in [6.45, 7) is 6.30. The van der Waals surface area contributed by atoms with Gasteiger partial charge in [-0.1, -0.05) is 55.4 Å². The van der Waals surface area contributed by atoms with Crippen LogP contribution in [0.3, 0.4) is 0 Å². The van der Waals surface area contributed by atoms with Crippen molar-refractivity contribution in [3.05, 3.63) is 46.9 Å². The molecule has 0 saturated heterocycles. The molecule has 0 aliphatic rings. The Bertz CT molecular complexity index is 555. The minimum Gasteiger partial charge on any atom is -0.229 e. The summed E-state index contributed by atoms with van der Waals surface area (Å²) < 4.78 is 0. The first-order valence-electron chi connectivity index (χ1n) is 5.83. The zero-order chi connectivity index (χ0) is 13.1. The maximum atomic E-state index is 6.17. The van der Waals surface area contributed by atoms with Gasteiger partial charge in [0.25, 0.3) is 0 Å². The van der Waals surface area contributed by atoms with E-state index in [4.69, 9.17) is 11.6 Å². The van der Waals surface area contributed by atoms with Crippen molar-refractivity contribution in [3.8, 4) is 0 Å². The van der Waals surface area contributed by atoms with Crippen molar-refractivity contribution in [3.63, 3.8) is 0 Å². The van der Waals surface area contributed by atoms with Crippen LogP contribution >= 0.6 is 23.4 Å². The number of hydrogen-bond acceptors (Lipinski definition) is 3. The molecular formula is C14H15ClN2S. The normalized spacial score (nSPS) is 10.9. The molecule has 0 fully saturated rings. The largest absolute Gasteiger partial charge is 0.229 e. The molecular weight excluding hydrogens is 264 g/mol. The summed E-state index contributed by atoms with van der Waals surface area (Å²) in [5, 5.41) is 1.50. The Labute approximate surface area is 117 Å². The van der Waals surface area contributed by atoms with Crippen molar-refractivity contribution in [2.24, 2.45) is 0 Å². The molecule has 4 heteroatoms. The fraction of sp³-hybridized carbons (Fsp3) is 0.286. The zero-order valence-corrected chi connectivity index (χ0v) is 12.2. The van der Waals surface area contributed by atoms with E-state index in [0.717, 1.165) is 10.6 Å². The molecule has 0 aliphatic heterocycles. The van der Waals surface area contributed by atoms with Crippen LogP contribution in [0.4, 0.5) is 0 Å². The van der Waals surface area contributed by atoms with Crippen LogP contribution in [-0.2, 0) is 0 Å². The smallest absolute Gasteiger partial charge is 0.137 e. The van der Waals surface area contributed by atoms with Crippen LogP contribution in [-0.4, -0.2) is 9.97 Å². The minimum atomic E-state index is 0.310. The molecule has 0 spiro atoms. The second-order valence-electron chi connectivity index (χ2n) is 4.41. The van der Waals surface area contributed by atoms with Crippen LogP contribution in [0.25, 0.3) is 0 Å². The van der Waals surface area contributed by atoms with E-state index < -0.39 is 0 Å². The van der Waals surface area contributed by atoms with Gasteiger partial charge in [-0.05, 0) is 24.5 Å². The third-order valence-electron chi connectivity index (χ3n) is 2.68. The van der Waals surface area contributed by atoms with Crippen molar-refractivity contribution < 1.29 is 0 Å². The number of aromatic nitrogens is 2. The molecule has 2 aromatic rings. The average molecular weight is 279 g/mol. The maximum Gasteiger partial charge on any atom is 0.137 e. The predicted octanol–water partition coefficient (Wildman–Crippen LogP) is 4.71. The molecule has 2 rings (SSSR count). The monoisotopic (exact) mass is 278 g/mol. The standard InChI is InChI=1S/C14H15ClN2S/c1-9(2)12-13(15)16-8-17-14(12)18-11-7-5-4-6-10(11)3/h4-9H,1-3H3. The molecule has 0 saturated carbocycles. The fourth-order valence-corrected chi connectivity index (χ4v) is 3.23. The molecule has 18 heavy (non-hydrogen) atoms.